The van der Waals surface area contributed by atoms with Gasteiger partial charge in [-0.3, -0.25) is 0 Å². The second kappa shape index (κ2) is 8.41. The summed E-state index contributed by atoms with van der Waals surface area (Å²) in [6.07, 6.45) is 3.74. The Balaban J connectivity index is 1.72. The number of ether oxygens (including phenoxy) is 1. The van der Waals surface area contributed by atoms with Gasteiger partial charge in [0.05, 0.1) is 10.0 Å². The molecule has 0 heterocycles. The lowest BCUT2D eigenvalue weighted by molar-refractivity contribution is 0.328. The van der Waals surface area contributed by atoms with Gasteiger partial charge in [0.25, 0.3) is 0 Å². The molecule has 1 saturated carbocycles. The number of hydrogen-bond donors (Lipinski definition) is 1. The van der Waals surface area contributed by atoms with Gasteiger partial charge in [-0.05, 0) is 57.1 Å². The third-order valence-corrected chi connectivity index (χ3v) is 5.27. The van der Waals surface area contributed by atoms with Crippen LogP contribution in [-0.2, 0) is 13.0 Å². The minimum atomic E-state index is 0.495. The van der Waals surface area contributed by atoms with Crippen LogP contribution in [0.2, 0.25) is 10.0 Å². The second-order valence-electron chi connectivity index (χ2n) is 6.61. The molecule has 1 N–H and O–H groups in total. The van der Waals surface area contributed by atoms with E-state index in [1.807, 2.05) is 19.2 Å². The first kappa shape index (κ1) is 18.5. The fraction of sp³-hybridized carbons (Fsp3) is 0.400. The summed E-state index contributed by atoms with van der Waals surface area (Å²) in [7, 11) is 4.16. The van der Waals surface area contributed by atoms with Crippen LogP contribution in [0, 0.1) is 0 Å². The highest BCUT2D eigenvalue weighted by Gasteiger charge is 2.25. The van der Waals surface area contributed by atoms with Gasteiger partial charge in [-0.25, -0.2) is 0 Å². The maximum Gasteiger partial charge on any atom is 0.131 e. The van der Waals surface area contributed by atoms with Crippen molar-refractivity contribution >= 4 is 23.2 Å². The summed E-state index contributed by atoms with van der Waals surface area (Å²) in [5, 5.41) is 4.24. The zero-order valence-corrected chi connectivity index (χ0v) is 16.2. The molecule has 0 aromatic heterocycles. The zero-order chi connectivity index (χ0) is 17.8. The Bertz CT molecular complexity index is 732. The molecular weight excluding hydrogens is 355 g/mol. The molecule has 0 radical (unpaired) electrons. The van der Waals surface area contributed by atoms with Crippen LogP contribution in [0.1, 0.15) is 24.0 Å². The molecule has 0 bridgehead atoms. The fourth-order valence-electron chi connectivity index (χ4n) is 2.89. The first-order chi connectivity index (χ1) is 12.1. The van der Waals surface area contributed by atoms with Crippen LogP contribution in [0.4, 0.5) is 0 Å². The van der Waals surface area contributed by atoms with E-state index in [1.165, 1.54) is 18.4 Å². The molecule has 5 heteroatoms. The van der Waals surface area contributed by atoms with E-state index < -0.39 is 0 Å². The Morgan fingerprint density at radius 1 is 1.12 bits per heavy atom. The summed E-state index contributed by atoms with van der Waals surface area (Å²) >= 11 is 12.0. The van der Waals surface area contributed by atoms with Gasteiger partial charge in [0.15, 0.2) is 0 Å². The molecule has 3 nitrogen and oxygen atoms in total. The van der Waals surface area contributed by atoms with Gasteiger partial charge in [0.1, 0.15) is 11.5 Å². The molecule has 2 aromatic rings. The minimum Gasteiger partial charge on any atom is -0.457 e. The van der Waals surface area contributed by atoms with Crippen LogP contribution >= 0.6 is 23.2 Å². The third kappa shape index (κ3) is 5.11. The topological polar surface area (TPSA) is 24.5 Å². The van der Waals surface area contributed by atoms with E-state index >= 15 is 0 Å². The van der Waals surface area contributed by atoms with Crippen molar-refractivity contribution in [1.82, 2.24) is 10.2 Å². The Morgan fingerprint density at radius 3 is 2.60 bits per heavy atom. The van der Waals surface area contributed by atoms with Gasteiger partial charge in [0, 0.05) is 30.8 Å². The molecule has 2 aromatic carbocycles. The number of rotatable bonds is 8. The first-order valence-electron chi connectivity index (χ1n) is 8.66. The maximum absolute atomic E-state index is 6.08. The number of halogens is 2. The largest absolute Gasteiger partial charge is 0.457 e. The molecular formula is C20H24Cl2N2O. The Hall–Kier alpha value is -1.26. The molecule has 0 amide bonds. The lowest BCUT2D eigenvalue weighted by atomic mass is 10.1. The smallest absolute Gasteiger partial charge is 0.131 e. The van der Waals surface area contributed by atoms with Gasteiger partial charge < -0.3 is 15.0 Å². The summed E-state index contributed by atoms with van der Waals surface area (Å²) in [5.41, 5.74) is 2.47. The summed E-state index contributed by atoms with van der Waals surface area (Å²) in [5.74, 6) is 1.53. The molecule has 1 aliphatic rings. The van der Waals surface area contributed by atoms with Gasteiger partial charge in [-0.1, -0.05) is 35.3 Å². The third-order valence-electron chi connectivity index (χ3n) is 4.53. The van der Waals surface area contributed by atoms with E-state index in [9.17, 15) is 0 Å². The number of likely N-dealkylation sites (N-methyl/N-ethyl adjacent to an activating group) is 1. The number of nitrogens with one attached hydrogen (secondary N) is 1. The molecule has 25 heavy (non-hydrogen) atoms. The lowest BCUT2D eigenvalue weighted by Crippen LogP contribution is -2.23. The average molecular weight is 379 g/mol. The van der Waals surface area contributed by atoms with E-state index in [0.717, 1.165) is 36.9 Å². The van der Waals surface area contributed by atoms with Crippen LogP contribution in [0.15, 0.2) is 36.4 Å². The van der Waals surface area contributed by atoms with Crippen molar-refractivity contribution in [3.63, 3.8) is 0 Å². The Morgan fingerprint density at radius 2 is 1.92 bits per heavy atom. The Labute approximate surface area is 159 Å². The number of hydrogen-bond acceptors (Lipinski definition) is 3. The van der Waals surface area contributed by atoms with Gasteiger partial charge in [-0.15, -0.1) is 0 Å². The Kier molecular flexibility index (Phi) is 6.24. The van der Waals surface area contributed by atoms with Crippen LogP contribution in [-0.4, -0.2) is 31.6 Å². The highest BCUT2D eigenvalue weighted by molar-refractivity contribution is 6.42. The van der Waals surface area contributed by atoms with E-state index in [4.69, 9.17) is 27.9 Å². The molecule has 0 aliphatic heterocycles. The minimum absolute atomic E-state index is 0.495. The van der Waals surface area contributed by atoms with E-state index in [0.29, 0.717) is 15.8 Å². The predicted molar refractivity (Wildman–Crippen MR) is 105 cm³/mol. The van der Waals surface area contributed by atoms with Crippen molar-refractivity contribution in [2.75, 3.05) is 20.6 Å². The zero-order valence-electron chi connectivity index (χ0n) is 14.7. The van der Waals surface area contributed by atoms with Crippen molar-refractivity contribution < 1.29 is 4.74 Å². The van der Waals surface area contributed by atoms with Crippen molar-refractivity contribution in [3.8, 4) is 11.5 Å². The summed E-state index contributed by atoms with van der Waals surface area (Å²) in [6, 6.07) is 12.5. The van der Waals surface area contributed by atoms with E-state index in [2.05, 4.69) is 29.4 Å². The predicted octanol–water partition coefficient (Wildman–Crippen LogP) is 5.14. The van der Waals surface area contributed by atoms with E-state index in [-0.39, 0.29) is 0 Å². The normalized spacial score (nSPS) is 14.1. The van der Waals surface area contributed by atoms with Crippen molar-refractivity contribution in [3.05, 3.63) is 57.6 Å². The van der Waals surface area contributed by atoms with Crippen molar-refractivity contribution in [2.24, 2.45) is 0 Å². The molecule has 0 saturated heterocycles. The fourth-order valence-corrected chi connectivity index (χ4v) is 3.18. The quantitative estimate of drug-likeness (QED) is 0.687. The monoisotopic (exact) mass is 378 g/mol. The second-order valence-corrected chi connectivity index (χ2v) is 7.43. The highest BCUT2D eigenvalue weighted by Crippen LogP contribution is 2.31. The average Bonchev–Trinajstić information content (AvgIpc) is 3.43. The number of nitrogens with zero attached hydrogens (tertiary/aromatic N) is 1. The van der Waals surface area contributed by atoms with Crippen LogP contribution in [0.5, 0.6) is 11.5 Å². The van der Waals surface area contributed by atoms with Gasteiger partial charge in [-0.2, -0.15) is 0 Å². The summed E-state index contributed by atoms with van der Waals surface area (Å²) in [4.78, 5) is 2.46. The molecule has 0 unspecified atom stereocenters. The van der Waals surface area contributed by atoms with Crippen LogP contribution in [0.25, 0.3) is 0 Å². The van der Waals surface area contributed by atoms with Gasteiger partial charge in [0.2, 0.25) is 0 Å². The molecule has 0 atom stereocenters. The molecule has 0 spiro atoms. The molecule has 1 aliphatic carbocycles. The molecule has 3 rings (SSSR count). The number of benzene rings is 2. The van der Waals surface area contributed by atoms with Gasteiger partial charge >= 0.3 is 0 Å². The van der Waals surface area contributed by atoms with Crippen molar-refractivity contribution in [2.45, 2.75) is 31.8 Å². The summed E-state index contributed by atoms with van der Waals surface area (Å²) < 4.78 is 6.03. The van der Waals surface area contributed by atoms with Crippen molar-refractivity contribution in [1.29, 1.82) is 0 Å². The first-order valence-corrected chi connectivity index (χ1v) is 9.42. The maximum atomic E-state index is 6.08. The molecule has 134 valence electrons. The summed E-state index contributed by atoms with van der Waals surface area (Å²) in [6.45, 7) is 1.85. The molecule has 1 fully saturated rings. The highest BCUT2D eigenvalue weighted by atomic mass is 35.5. The lowest BCUT2D eigenvalue weighted by Gasteiger charge is -2.17. The standard InChI is InChI=1S/C20H24Cl2N2O/c1-23-13-15-11-14(9-10-24(2)16-4-5-16)3-8-20(15)25-17-6-7-18(21)19(22)12-17/h3,6-8,11-12,16,23H,4-5,9-10,13H2,1-2H3. The van der Waals surface area contributed by atoms with E-state index in [1.54, 1.807) is 12.1 Å². The van der Waals surface area contributed by atoms with Crippen LogP contribution < -0.4 is 10.1 Å². The SMILES string of the molecule is CNCc1cc(CCN(C)C2CC2)ccc1Oc1ccc(Cl)c(Cl)c1. The van der Waals surface area contributed by atoms with Crippen LogP contribution in [0.3, 0.4) is 0 Å².